The van der Waals surface area contributed by atoms with Crippen LogP contribution in [0.25, 0.3) is 0 Å². The first-order chi connectivity index (χ1) is 12.6. The molecular formula is C20H20FN3O2. The van der Waals surface area contributed by atoms with Gasteiger partial charge in [-0.3, -0.25) is 4.79 Å². The van der Waals surface area contributed by atoms with Gasteiger partial charge < -0.3 is 15.1 Å². The minimum absolute atomic E-state index is 0.0640. The van der Waals surface area contributed by atoms with Gasteiger partial charge in [-0.25, -0.2) is 9.18 Å². The van der Waals surface area contributed by atoms with E-state index in [4.69, 9.17) is 0 Å². The van der Waals surface area contributed by atoms with Gasteiger partial charge in [0.25, 0.3) is 0 Å². The highest BCUT2D eigenvalue weighted by Gasteiger charge is 2.33. The number of carbonyl (C=O) groups is 2. The van der Waals surface area contributed by atoms with Gasteiger partial charge in [-0.1, -0.05) is 24.3 Å². The second-order valence-corrected chi connectivity index (χ2v) is 6.77. The number of amides is 3. The maximum atomic E-state index is 13.1. The van der Waals surface area contributed by atoms with Crippen LogP contribution in [0.4, 0.5) is 14.9 Å². The van der Waals surface area contributed by atoms with Crippen molar-refractivity contribution in [3.63, 3.8) is 0 Å². The largest absolute Gasteiger partial charge is 0.333 e. The zero-order chi connectivity index (χ0) is 18.1. The standard InChI is InChI=1S/C20H20FN3O2/c21-16-5-7-18(8-6-16)24-13-17(11-19(24)25)22-20(26)23-10-9-14-3-1-2-4-15(14)12-23/h1-8,17H,9-13H2,(H,22,26)/t17-/m0/s1. The Labute approximate surface area is 151 Å². The van der Waals surface area contributed by atoms with Crippen LogP contribution < -0.4 is 10.2 Å². The molecule has 0 unspecified atom stereocenters. The molecule has 4 rings (SSSR count). The molecule has 0 saturated carbocycles. The molecule has 1 saturated heterocycles. The molecule has 1 N–H and O–H groups in total. The van der Waals surface area contributed by atoms with Crippen LogP contribution in [0.1, 0.15) is 17.5 Å². The smallest absolute Gasteiger partial charge is 0.318 e. The minimum Gasteiger partial charge on any atom is -0.333 e. The third kappa shape index (κ3) is 3.27. The predicted molar refractivity (Wildman–Crippen MR) is 96.2 cm³/mol. The molecular weight excluding hydrogens is 333 g/mol. The van der Waals surface area contributed by atoms with Crippen LogP contribution in [0.15, 0.2) is 48.5 Å². The maximum absolute atomic E-state index is 13.1. The topological polar surface area (TPSA) is 52.7 Å². The summed E-state index contributed by atoms with van der Waals surface area (Å²) in [7, 11) is 0. The third-order valence-electron chi connectivity index (χ3n) is 5.01. The molecule has 5 nitrogen and oxygen atoms in total. The summed E-state index contributed by atoms with van der Waals surface area (Å²) in [6.07, 6.45) is 1.10. The van der Waals surface area contributed by atoms with Crippen LogP contribution in [0.2, 0.25) is 0 Å². The number of hydrogen-bond acceptors (Lipinski definition) is 2. The van der Waals surface area contributed by atoms with E-state index in [2.05, 4.69) is 11.4 Å². The van der Waals surface area contributed by atoms with E-state index >= 15 is 0 Å². The molecule has 26 heavy (non-hydrogen) atoms. The Morgan fingerprint density at radius 2 is 1.81 bits per heavy atom. The third-order valence-corrected chi connectivity index (χ3v) is 5.01. The number of halogens is 1. The van der Waals surface area contributed by atoms with Crippen molar-refractivity contribution in [1.29, 1.82) is 0 Å². The lowest BCUT2D eigenvalue weighted by Gasteiger charge is -2.30. The molecule has 1 atom stereocenters. The van der Waals surface area contributed by atoms with Gasteiger partial charge in [0.15, 0.2) is 0 Å². The Kier molecular flexibility index (Phi) is 4.32. The highest BCUT2D eigenvalue weighted by Crippen LogP contribution is 2.23. The number of hydrogen-bond donors (Lipinski definition) is 1. The summed E-state index contributed by atoms with van der Waals surface area (Å²) in [6, 6.07) is 13.6. The molecule has 2 aromatic carbocycles. The van der Waals surface area contributed by atoms with Crippen molar-refractivity contribution in [3.05, 3.63) is 65.5 Å². The molecule has 0 aliphatic carbocycles. The molecule has 0 spiro atoms. The summed E-state index contributed by atoms with van der Waals surface area (Å²) < 4.78 is 13.1. The van der Waals surface area contributed by atoms with Crippen LogP contribution in [0.5, 0.6) is 0 Å². The Morgan fingerprint density at radius 3 is 2.58 bits per heavy atom. The Morgan fingerprint density at radius 1 is 1.08 bits per heavy atom. The SMILES string of the molecule is O=C(N[C@H]1CC(=O)N(c2ccc(F)cc2)C1)N1CCc2ccccc2C1. The van der Waals surface area contributed by atoms with Gasteiger partial charge in [0.2, 0.25) is 5.91 Å². The van der Waals surface area contributed by atoms with Crippen molar-refractivity contribution < 1.29 is 14.0 Å². The lowest BCUT2D eigenvalue weighted by Crippen LogP contribution is -2.47. The fourth-order valence-corrected chi connectivity index (χ4v) is 3.61. The fourth-order valence-electron chi connectivity index (χ4n) is 3.61. The number of carbonyl (C=O) groups excluding carboxylic acids is 2. The van der Waals surface area contributed by atoms with E-state index in [1.165, 1.54) is 23.3 Å². The summed E-state index contributed by atoms with van der Waals surface area (Å²) in [4.78, 5) is 28.2. The van der Waals surface area contributed by atoms with Crippen molar-refractivity contribution in [2.75, 3.05) is 18.0 Å². The summed E-state index contributed by atoms with van der Waals surface area (Å²) in [5, 5.41) is 2.97. The molecule has 0 aromatic heterocycles. The number of fused-ring (bicyclic) bond motifs is 1. The Hall–Kier alpha value is -2.89. The van der Waals surface area contributed by atoms with Crippen molar-refractivity contribution in [1.82, 2.24) is 10.2 Å². The van der Waals surface area contributed by atoms with Crippen molar-refractivity contribution in [2.45, 2.75) is 25.4 Å². The van der Waals surface area contributed by atoms with E-state index in [0.717, 1.165) is 6.42 Å². The van der Waals surface area contributed by atoms with Crippen LogP contribution in [0.3, 0.4) is 0 Å². The molecule has 1 fully saturated rings. The first kappa shape index (κ1) is 16.6. The van der Waals surface area contributed by atoms with Gasteiger partial charge in [0.05, 0.1) is 6.04 Å². The van der Waals surface area contributed by atoms with E-state index in [0.29, 0.717) is 25.3 Å². The van der Waals surface area contributed by atoms with Crippen LogP contribution in [-0.2, 0) is 17.8 Å². The van der Waals surface area contributed by atoms with Gasteiger partial charge in [0.1, 0.15) is 5.82 Å². The molecule has 0 radical (unpaired) electrons. The lowest BCUT2D eigenvalue weighted by molar-refractivity contribution is -0.117. The minimum atomic E-state index is -0.337. The number of anilines is 1. The number of benzene rings is 2. The van der Waals surface area contributed by atoms with Gasteiger partial charge in [-0.2, -0.15) is 0 Å². The molecule has 2 heterocycles. The second-order valence-electron chi connectivity index (χ2n) is 6.77. The van der Waals surface area contributed by atoms with Gasteiger partial charge in [-0.05, 0) is 41.8 Å². The second kappa shape index (κ2) is 6.78. The first-order valence-corrected chi connectivity index (χ1v) is 8.78. The zero-order valence-corrected chi connectivity index (χ0v) is 14.3. The predicted octanol–water partition coefficient (Wildman–Crippen LogP) is 2.70. The fraction of sp³-hybridized carbons (Fsp3) is 0.300. The normalized spacial score (nSPS) is 19.4. The van der Waals surface area contributed by atoms with E-state index in [1.54, 1.807) is 21.9 Å². The summed E-state index contributed by atoms with van der Waals surface area (Å²) in [6.45, 7) is 1.66. The number of nitrogens with one attached hydrogen (secondary N) is 1. The van der Waals surface area contributed by atoms with E-state index < -0.39 is 0 Å². The number of urea groups is 1. The Balaban J connectivity index is 1.38. The summed E-state index contributed by atoms with van der Waals surface area (Å²) in [5.41, 5.74) is 3.11. The van der Waals surface area contributed by atoms with E-state index in [-0.39, 0.29) is 30.2 Å². The van der Waals surface area contributed by atoms with E-state index in [1.807, 2.05) is 18.2 Å². The van der Waals surface area contributed by atoms with Gasteiger partial charge in [0, 0.05) is 31.7 Å². The number of nitrogens with zero attached hydrogens (tertiary/aromatic N) is 2. The highest BCUT2D eigenvalue weighted by atomic mass is 19.1. The van der Waals surface area contributed by atoms with Gasteiger partial charge >= 0.3 is 6.03 Å². The molecule has 3 amide bonds. The lowest BCUT2D eigenvalue weighted by atomic mass is 10.0. The Bertz CT molecular complexity index is 837. The van der Waals surface area contributed by atoms with Crippen LogP contribution in [-0.4, -0.2) is 36.0 Å². The average Bonchev–Trinajstić information content (AvgIpc) is 3.02. The summed E-state index contributed by atoms with van der Waals surface area (Å²) >= 11 is 0. The number of rotatable bonds is 2. The first-order valence-electron chi connectivity index (χ1n) is 8.78. The van der Waals surface area contributed by atoms with Crippen molar-refractivity contribution >= 4 is 17.6 Å². The molecule has 2 aliphatic heterocycles. The van der Waals surface area contributed by atoms with Crippen molar-refractivity contribution in [3.8, 4) is 0 Å². The van der Waals surface area contributed by atoms with E-state index in [9.17, 15) is 14.0 Å². The highest BCUT2D eigenvalue weighted by molar-refractivity contribution is 5.96. The zero-order valence-electron chi connectivity index (χ0n) is 14.3. The monoisotopic (exact) mass is 353 g/mol. The molecule has 6 heteroatoms. The maximum Gasteiger partial charge on any atom is 0.318 e. The molecule has 0 bridgehead atoms. The quantitative estimate of drug-likeness (QED) is 0.903. The molecule has 134 valence electrons. The van der Waals surface area contributed by atoms with Crippen molar-refractivity contribution in [2.24, 2.45) is 0 Å². The molecule has 2 aliphatic rings. The average molecular weight is 353 g/mol. The van der Waals surface area contributed by atoms with Crippen LogP contribution in [0, 0.1) is 5.82 Å². The molecule has 2 aromatic rings. The van der Waals surface area contributed by atoms with Gasteiger partial charge in [-0.15, -0.1) is 0 Å². The summed E-state index contributed by atoms with van der Waals surface area (Å²) in [5.74, 6) is -0.401. The van der Waals surface area contributed by atoms with Crippen LogP contribution >= 0.6 is 0 Å².